The molecule has 7 nitrogen and oxygen atoms in total. The second-order valence-electron chi connectivity index (χ2n) is 5.30. The fourth-order valence-electron chi connectivity index (χ4n) is 2.73. The molecule has 0 atom stereocenters. The van der Waals surface area contributed by atoms with E-state index in [0.29, 0.717) is 23.4 Å². The van der Waals surface area contributed by atoms with Crippen molar-refractivity contribution in [3.8, 4) is 5.75 Å². The number of anilines is 1. The number of carbonyl (C=O) groups excluding carboxylic acids is 1. The summed E-state index contributed by atoms with van der Waals surface area (Å²) in [6.07, 6.45) is 2.40. The van der Waals surface area contributed by atoms with Crippen molar-refractivity contribution in [3.05, 3.63) is 41.0 Å². The topological polar surface area (TPSA) is 88.6 Å². The van der Waals surface area contributed by atoms with E-state index in [-0.39, 0.29) is 11.4 Å². The lowest BCUT2D eigenvalue weighted by molar-refractivity contribution is 0.102. The van der Waals surface area contributed by atoms with Gasteiger partial charge in [0.1, 0.15) is 7.11 Å². The Bertz CT molecular complexity index is 801. The fourth-order valence-corrected chi connectivity index (χ4v) is 2.73. The van der Waals surface area contributed by atoms with Gasteiger partial charge in [0.05, 0.1) is 18.4 Å². The lowest BCUT2D eigenvalue weighted by atomic mass is 9.93. The van der Waals surface area contributed by atoms with Gasteiger partial charge < -0.3 is 14.9 Å². The van der Waals surface area contributed by atoms with Gasteiger partial charge in [0.15, 0.2) is 17.3 Å². The molecular formula is C16H17FN4O3. The molecule has 0 aliphatic heterocycles. The fraction of sp³-hybridized carbons (Fsp3) is 0.312. The predicted octanol–water partition coefficient (Wildman–Crippen LogP) is 2.50. The second-order valence-corrected chi connectivity index (χ2v) is 5.30. The van der Waals surface area contributed by atoms with Crippen molar-refractivity contribution in [2.75, 3.05) is 19.5 Å². The molecule has 0 radical (unpaired) electrons. The van der Waals surface area contributed by atoms with Crippen molar-refractivity contribution in [2.45, 2.75) is 19.3 Å². The first kappa shape index (κ1) is 16.0. The Morgan fingerprint density at radius 1 is 1.38 bits per heavy atom. The number of nitrogens with zero attached hydrogens (tertiary/aromatic N) is 2. The number of oxime groups is 1. The van der Waals surface area contributed by atoms with Crippen LogP contribution in [0.25, 0.3) is 0 Å². The minimum Gasteiger partial charge on any atom is -0.494 e. The largest absolute Gasteiger partial charge is 0.494 e. The Morgan fingerprint density at radius 3 is 2.92 bits per heavy atom. The Morgan fingerprint density at radius 2 is 2.21 bits per heavy atom. The van der Waals surface area contributed by atoms with Crippen LogP contribution in [-0.2, 0) is 11.3 Å². The van der Waals surface area contributed by atoms with Crippen LogP contribution in [0.2, 0.25) is 0 Å². The smallest absolute Gasteiger partial charge is 0.276 e. The molecule has 0 fully saturated rings. The van der Waals surface area contributed by atoms with Gasteiger partial charge in [-0.1, -0.05) is 5.16 Å². The van der Waals surface area contributed by atoms with E-state index in [1.54, 1.807) is 6.07 Å². The van der Waals surface area contributed by atoms with Crippen LogP contribution in [-0.4, -0.2) is 36.0 Å². The number of H-pyrrole nitrogens is 1. The summed E-state index contributed by atoms with van der Waals surface area (Å²) in [6.45, 7) is 0. The quantitative estimate of drug-likeness (QED) is 0.842. The van der Waals surface area contributed by atoms with E-state index in [4.69, 9.17) is 9.57 Å². The minimum atomic E-state index is -0.555. The Labute approximate surface area is 137 Å². The molecule has 1 aromatic heterocycles. The zero-order valence-electron chi connectivity index (χ0n) is 13.4. The Hall–Kier alpha value is -2.90. The molecule has 1 aliphatic rings. The summed E-state index contributed by atoms with van der Waals surface area (Å²) < 4.78 is 18.6. The van der Waals surface area contributed by atoms with Crippen molar-refractivity contribution in [1.29, 1.82) is 0 Å². The molecule has 1 amide bonds. The summed E-state index contributed by atoms with van der Waals surface area (Å²) in [5.41, 5.74) is 2.73. The highest BCUT2D eigenvalue weighted by atomic mass is 19.1. The molecule has 1 aromatic carbocycles. The molecule has 0 bridgehead atoms. The average Bonchev–Trinajstić information content (AvgIpc) is 3.00. The molecule has 8 heteroatoms. The number of aromatic nitrogens is 2. The van der Waals surface area contributed by atoms with Gasteiger partial charge in [-0.15, -0.1) is 0 Å². The number of amides is 1. The number of nitrogens with one attached hydrogen (secondary N) is 2. The standard InChI is InChI=1S/C16H17FN4O3/c1-23-13-7-6-9(8-10(13)17)18-16(22)15-14-11(19-20-15)4-3-5-12(14)21-24-2/h6-8H,3-5H2,1-2H3,(H,18,22)(H,19,20). The summed E-state index contributed by atoms with van der Waals surface area (Å²) in [4.78, 5) is 17.4. The van der Waals surface area contributed by atoms with Crippen LogP contribution in [0.5, 0.6) is 5.75 Å². The van der Waals surface area contributed by atoms with Crippen LogP contribution < -0.4 is 10.1 Å². The number of methoxy groups -OCH3 is 1. The highest BCUT2D eigenvalue weighted by Crippen LogP contribution is 2.25. The number of benzene rings is 1. The van der Waals surface area contributed by atoms with E-state index in [0.717, 1.165) is 18.5 Å². The third-order valence-corrected chi connectivity index (χ3v) is 3.80. The lowest BCUT2D eigenvalue weighted by Crippen LogP contribution is -2.19. The third kappa shape index (κ3) is 2.94. The van der Waals surface area contributed by atoms with Crippen molar-refractivity contribution >= 4 is 17.3 Å². The van der Waals surface area contributed by atoms with E-state index in [2.05, 4.69) is 20.7 Å². The first-order valence-corrected chi connectivity index (χ1v) is 7.46. The van der Waals surface area contributed by atoms with Crippen molar-refractivity contribution in [3.63, 3.8) is 0 Å². The molecule has 1 aliphatic carbocycles. The van der Waals surface area contributed by atoms with Crippen LogP contribution in [0.15, 0.2) is 23.4 Å². The van der Waals surface area contributed by atoms with Gasteiger partial charge in [0.25, 0.3) is 5.91 Å². The summed E-state index contributed by atoms with van der Waals surface area (Å²) in [7, 11) is 2.84. The van der Waals surface area contributed by atoms with Crippen LogP contribution >= 0.6 is 0 Å². The number of hydrogen-bond acceptors (Lipinski definition) is 5. The van der Waals surface area contributed by atoms with Crippen LogP contribution in [0.1, 0.15) is 34.6 Å². The molecule has 0 unspecified atom stereocenters. The van der Waals surface area contributed by atoms with E-state index in [1.165, 1.54) is 26.4 Å². The zero-order chi connectivity index (χ0) is 17.1. The molecule has 2 aromatic rings. The van der Waals surface area contributed by atoms with Crippen LogP contribution in [0.4, 0.5) is 10.1 Å². The normalized spacial score (nSPS) is 15.0. The number of carbonyl (C=O) groups is 1. The summed E-state index contributed by atoms with van der Waals surface area (Å²) in [5.74, 6) is -0.886. The SMILES string of the molecule is CON=C1CCCc2[nH]nc(C(=O)Nc3ccc(OC)c(F)c3)c21. The molecule has 0 saturated carbocycles. The van der Waals surface area contributed by atoms with Crippen molar-refractivity contribution < 1.29 is 18.8 Å². The van der Waals surface area contributed by atoms with Gasteiger partial charge in [-0.2, -0.15) is 5.10 Å². The first-order chi connectivity index (χ1) is 11.6. The Balaban J connectivity index is 1.88. The molecular weight excluding hydrogens is 315 g/mol. The number of ether oxygens (including phenoxy) is 1. The monoisotopic (exact) mass is 332 g/mol. The molecule has 1 heterocycles. The van der Waals surface area contributed by atoms with Gasteiger partial charge >= 0.3 is 0 Å². The van der Waals surface area contributed by atoms with Gasteiger partial charge in [0.2, 0.25) is 0 Å². The van der Waals surface area contributed by atoms with E-state index < -0.39 is 11.7 Å². The van der Waals surface area contributed by atoms with Gasteiger partial charge in [-0.05, 0) is 31.4 Å². The maximum Gasteiger partial charge on any atom is 0.276 e. The molecule has 24 heavy (non-hydrogen) atoms. The maximum atomic E-state index is 13.7. The Kier molecular flexibility index (Phi) is 4.45. The predicted molar refractivity (Wildman–Crippen MR) is 86.0 cm³/mol. The van der Waals surface area contributed by atoms with Gasteiger partial charge in [0, 0.05) is 17.4 Å². The van der Waals surface area contributed by atoms with Crippen molar-refractivity contribution in [2.24, 2.45) is 5.16 Å². The van der Waals surface area contributed by atoms with Crippen LogP contribution in [0.3, 0.4) is 0 Å². The number of rotatable bonds is 4. The minimum absolute atomic E-state index is 0.111. The molecule has 126 valence electrons. The zero-order valence-corrected chi connectivity index (χ0v) is 13.4. The molecule has 3 rings (SSSR count). The highest BCUT2D eigenvalue weighted by Gasteiger charge is 2.27. The van der Waals surface area contributed by atoms with Gasteiger partial charge in [-0.3, -0.25) is 9.89 Å². The lowest BCUT2D eigenvalue weighted by Gasteiger charge is -2.13. The number of hydrogen-bond donors (Lipinski definition) is 2. The van der Waals surface area contributed by atoms with Crippen LogP contribution in [0, 0.1) is 5.82 Å². The molecule has 0 spiro atoms. The number of aromatic amines is 1. The van der Waals surface area contributed by atoms with E-state index >= 15 is 0 Å². The van der Waals surface area contributed by atoms with E-state index in [9.17, 15) is 9.18 Å². The maximum absolute atomic E-state index is 13.7. The summed E-state index contributed by atoms with van der Waals surface area (Å²) in [5, 5.41) is 13.6. The number of halogens is 1. The second kappa shape index (κ2) is 6.69. The molecule has 0 saturated heterocycles. The highest BCUT2D eigenvalue weighted by molar-refractivity contribution is 6.14. The summed E-state index contributed by atoms with van der Waals surface area (Å²) in [6, 6.07) is 4.20. The molecule has 2 N–H and O–H groups in total. The summed E-state index contributed by atoms with van der Waals surface area (Å²) >= 11 is 0. The third-order valence-electron chi connectivity index (χ3n) is 3.80. The average molecular weight is 332 g/mol. The number of aryl methyl sites for hydroxylation is 1. The number of fused-ring (bicyclic) bond motifs is 1. The first-order valence-electron chi connectivity index (χ1n) is 7.46. The van der Waals surface area contributed by atoms with E-state index in [1.807, 2.05) is 0 Å². The van der Waals surface area contributed by atoms with Crippen molar-refractivity contribution in [1.82, 2.24) is 10.2 Å². The van der Waals surface area contributed by atoms with Gasteiger partial charge in [-0.25, -0.2) is 4.39 Å².